The summed E-state index contributed by atoms with van der Waals surface area (Å²) >= 11 is 3.44. The Morgan fingerprint density at radius 2 is 2.00 bits per heavy atom. The van der Waals surface area contributed by atoms with Crippen LogP contribution in [0.25, 0.3) is 22.7 Å². The smallest absolute Gasteiger partial charge is 0.149 e. The first-order chi connectivity index (χ1) is 10.6. The number of fused-ring (bicyclic) bond motifs is 1. The number of allylic oxidation sites excluding steroid dienone is 1. The maximum absolute atomic E-state index is 9.45. The summed E-state index contributed by atoms with van der Waals surface area (Å²) in [6.45, 7) is 4.13. The minimum absolute atomic E-state index is 0.518. The number of nitrogens with zero attached hydrogens (tertiary/aromatic N) is 2. The molecule has 0 aliphatic heterocycles. The van der Waals surface area contributed by atoms with Gasteiger partial charge >= 0.3 is 0 Å². The van der Waals surface area contributed by atoms with Crippen molar-refractivity contribution in [3.05, 3.63) is 63.4 Å². The average molecular weight is 352 g/mol. The molecule has 3 nitrogen and oxygen atoms in total. The Kier molecular flexibility index (Phi) is 3.82. The summed E-state index contributed by atoms with van der Waals surface area (Å²) in [6.07, 6.45) is 1.84. The predicted molar refractivity (Wildman–Crippen MR) is 93.2 cm³/mol. The fourth-order valence-electron chi connectivity index (χ4n) is 2.31. The van der Waals surface area contributed by atoms with E-state index in [2.05, 4.69) is 51.9 Å². The van der Waals surface area contributed by atoms with Gasteiger partial charge in [0.2, 0.25) is 0 Å². The van der Waals surface area contributed by atoms with Crippen LogP contribution in [0.3, 0.4) is 0 Å². The lowest BCUT2D eigenvalue weighted by Gasteiger charge is -1.97. The zero-order valence-corrected chi connectivity index (χ0v) is 13.9. The van der Waals surface area contributed by atoms with Crippen molar-refractivity contribution in [2.75, 3.05) is 0 Å². The largest absolute Gasteiger partial charge is 0.337 e. The van der Waals surface area contributed by atoms with Crippen molar-refractivity contribution in [3.8, 4) is 6.07 Å². The van der Waals surface area contributed by atoms with Crippen LogP contribution in [-0.4, -0.2) is 9.97 Å². The van der Waals surface area contributed by atoms with Crippen molar-refractivity contribution in [2.45, 2.75) is 13.8 Å². The van der Waals surface area contributed by atoms with Gasteiger partial charge in [-0.1, -0.05) is 28.1 Å². The Labute approximate surface area is 137 Å². The molecule has 0 aliphatic carbocycles. The Morgan fingerprint density at radius 1 is 1.23 bits per heavy atom. The molecule has 3 rings (SSSR count). The number of benzene rings is 2. The average Bonchev–Trinajstić information content (AvgIpc) is 2.88. The molecule has 0 bridgehead atoms. The molecule has 0 spiro atoms. The number of hydrogen-bond donors (Lipinski definition) is 1. The third-order valence-electron chi connectivity index (χ3n) is 3.63. The third-order valence-corrected chi connectivity index (χ3v) is 4.13. The van der Waals surface area contributed by atoms with E-state index in [-0.39, 0.29) is 0 Å². The third kappa shape index (κ3) is 2.81. The second-order valence-corrected chi connectivity index (χ2v) is 6.18. The standard InChI is InChI=1S/C18H14BrN3/c1-11-6-16-17(7-12(11)2)22-18(21-16)14(10-20)8-13-4-3-5-15(19)9-13/h3-9H,1-2H3,(H,21,22)/b14-8-. The molecule has 3 aromatic rings. The van der Waals surface area contributed by atoms with Gasteiger partial charge in [-0.05, 0) is 60.9 Å². The quantitative estimate of drug-likeness (QED) is 0.660. The minimum Gasteiger partial charge on any atom is -0.337 e. The number of halogens is 1. The summed E-state index contributed by atoms with van der Waals surface area (Å²) in [4.78, 5) is 7.78. The van der Waals surface area contributed by atoms with Crippen LogP contribution >= 0.6 is 15.9 Å². The van der Waals surface area contributed by atoms with Crippen LogP contribution in [0.4, 0.5) is 0 Å². The number of hydrogen-bond acceptors (Lipinski definition) is 2. The molecule has 0 fully saturated rings. The summed E-state index contributed by atoms with van der Waals surface area (Å²) in [5, 5.41) is 9.45. The lowest BCUT2D eigenvalue weighted by atomic mass is 10.1. The van der Waals surface area contributed by atoms with Crippen molar-refractivity contribution >= 4 is 38.6 Å². The summed E-state index contributed by atoms with van der Waals surface area (Å²) < 4.78 is 0.981. The number of imidazole rings is 1. The van der Waals surface area contributed by atoms with E-state index in [1.54, 1.807) is 0 Å². The number of aryl methyl sites for hydroxylation is 2. The zero-order valence-electron chi connectivity index (χ0n) is 12.3. The molecule has 0 aliphatic rings. The summed E-state index contributed by atoms with van der Waals surface area (Å²) in [5.41, 5.74) is 5.71. The highest BCUT2D eigenvalue weighted by molar-refractivity contribution is 9.10. The summed E-state index contributed by atoms with van der Waals surface area (Å²) in [6, 6.07) is 14.2. The second-order valence-electron chi connectivity index (χ2n) is 5.26. The molecule has 4 heteroatoms. The first-order valence-electron chi connectivity index (χ1n) is 6.91. The molecule has 2 aromatic carbocycles. The van der Waals surface area contributed by atoms with Gasteiger partial charge in [-0.3, -0.25) is 0 Å². The highest BCUT2D eigenvalue weighted by Gasteiger charge is 2.09. The van der Waals surface area contributed by atoms with Gasteiger partial charge in [-0.2, -0.15) is 5.26 Å². The van der Waals surface area contributed by atoms with E-state index in [0.29, 0.717) is 11.4 Å². The molecule has 0 radical (unpaired) electrons. The van der Waals surface area contributed by atoms with Gasteiger partial charge in [0.25, 0.3) is 0 Å². The lowest BCUT2D eigenvalue weighted by Crippen LogP contribution is -1.85. The number of H-pyrrole nitrogens is 1. The SMILES string of the molecule is Cc1cc2nc(/C(C#N)=C\c3cccc(Br)c3)[nH]c2cc1C. The molecule has 22 heavy (non-hydrogen) atoms. The van der Waals surface area contributed by atoms with Crippen molar-refractivity contribution < 1.29 is 0 Å². The van der Waals surface area contributed by atoms with Crippen molar-refractivity contribution in [2.24, 2.45) is 0 Å². The molecule has 0 saturated carbocycles. The first kappa shape index (κ1) is 14.6. The van der Waals surface area contributed by atoms with Gasteiger partial charge in [-0.15, -0.1) is 0 Å². The number of rotatable bonds is 2. The van der Waals surface area contributed by atoms with Crippen molar-refractivity contribution in [3.63, 3.8) is 0 Å². The first-order valence-corrected chi connectivity index (χ1v) is 7.71. The van der Waals surface area contributed by atoms with Crippen LogP contribution in [-0.2, 0) is 0 Å². The Balaban J connectivity index is 2.09. The Bertz CT molecular complexity index is 890. The second kappa shape index (κ2) is 5.78. The van der Waals surface area contributed by atoms with Gasteiger partial charge in [-0.25, -0.2) is 4.98 Å². The van der Waals surface area contributed by atoms with Gasteiger partial charge in [0.05, 0.1) is 16.6 Å². The van der Waals surface area contributed by atoms with Crippen LogP contribution < -0.4 is 0 Å². The molecule has 0 unspecified atom stereocenters. The normalized spacial score (nSPS) is 11.6. The Morgan fingerprint density at radius 3 is 2.73 bits per heavy atom. The van der Waals surface area contributed by atoms with E-state index in [1.165, 1.54) is 11.1 Å². The fourth-order valence-corrected chi connectivity index (χ4v) is 2.73. The molecule has 1 heterocycles. The molecular weight excluding hydrogens is 338 g/mol. The molecule has 0 saturated heterocycles. The van der Waals surface area contributed by atoms with Crippen molar-refractivity contribution in [1.29, 1.82) is 5.26 Å². The highest BCUT2D eigenvalue weighted by atomic mass is 79.9. The molecule has 0 amide bonds. The van der Waals surface area contributed by atoms with Crippen LogP contribution in [0, 0.1) is 25.2 Å². The summed E-state index contributed by atoms with van der Waals surface area (Å²) in [7, 11) is 0. The van der Waals surface area contributed by atoms with Crippen molar-refractivity contribution in [1.82, 2.24) is 9.97 Å². The van der Waals surface area contributed by atoms with E-state index < -0.39 is 0 Å². The minimum atomic E-state index is 0.518. The van der Waals surface area contributed by atoms with Gasteiger partial charge in [0, 0.05) is 4.47 Å². The van der Waals surface area contributed by atoms with E-state index in [9.17, 15) is 5.26 Å². The number of aromatic nitrogens is 2. The predicted octanol–water partition coefficient (Wildman–Crippen LogP) is 5.01. The number of nitrogens with one attached hydrogen (secondary N) is 1. The maximum Gasteiger partial charge on any atom is 0.149 e. The maximum atomic E-state index is 9.45. The summed E-state index contributed by atoms with van der Waals surface area (Å²) in [5.74, 6) is 0.600. The zero-order chi connectivity index (χ0) is 15.7. The van der Waals surface area contributed by atoms with Crippen LogP contribution in [0.5, 0.6) is 0 Å². The van der Waals surface area contributed by atoms with Crippen LogP contribution in [0.2, 0.25) is 0 Å². The number of nitriles is 1. The van der Waals surface area contributed by atoms with E-state index in [0.717, 1.165) is 21.1 Å². The topological polar surface area (TPSA) is 52.5 Å². The monoisotopic (exact) mass is 351 g/mol. The van der Waals surface area contributed by atoms with Crippen LogP contribution in [0.15, 0.2) is 40.9 Å². The van der Waals surface area contributed by atoms with E-state index in [1.807, 2.05) is 36.4 Å². The van der Waals surface area contributed by atoms with Gasteiger partial charge in [0.15, 0.2) is 0 Å². The van der Waals surface area contributed by atoms with Gasteiger partial charge in [0.1, 0.15) is 11.9 Å². The van der Waals surface area contributed by atoms with Gasteiger partial charge < -0.3 is 4.98 Å². The van der Waals surface area contributed by atoms with Crippen LogP contribution in [0.1, 0.15) is 22.5 Å². The van der Waals surface area contributed by atoms with E-state index in [4.69, 9.17) is 0 Å². The molecular formula is C18H14BrN3. The Hall–Kier alpha value is -2.38. The molecule has 1 aromatic heterocycles. The molecule has 0 atom stereocenters. The highest BCUT2D eigenvalue weighted by Crippen LogP contribution is 2.22. The molecule has 108 valence electrons. The molecule has 1 N–H and O–H groups in total. The number of aromatic amines is 1. The fraction of sp³-hybridized carbons (Fsp3) is 0.111. The lowest BCUT2D eigenvalue weighted by molar-refractivity contribution is 1.27. The van der Waals surface area contributed by atoms with E-state index >= 15 is 0 Å².